The summed E-state index contributed by atoms with van der Waals surface area (Å²) in [6.45, 7) is 14.5. The van der Waals surface area contributed by atoms with Crippen molar-refractivity contribution in [1.82, 2.24) is 4.90 Å². The summed E-state index contributed by atoms with van der Waals surface area (Å²) in [6, 6.07) is 0.649. The molecule has 2 unspecified atom stereocenters. The number of hydrogen-bond acceptors (Lipinski definition) is 4. The number of likely N-dealkylation sites (tertiary alicyclic amines) is 1. The minimum atomic E-state index is 0.285. The third kappa shape index (κ3) is 26.5. The number of allylic oxidation sites excluding steroid dienone is 3. The fraction of sp³-hybridized carbons (Fsp3) is 0.918. The van der Waals surface area contributed by atoms with Crippen molar-refractivity contribution in [2.45, 2.75) is 258 Å². The average molecular weight is 744 g/mol. The summed E-state index contributed by atoms with van der Waals surface area (Å²) in [6.07, 6.45) is 46.3. The maximum absolute atomic E-state index is 9.80. The van der Waals surface area contributed by atoms with E-state index >= 15 is 0 Å². The van der Waals surface area contributed by atoms with Gasteiger partial charge in [0.15, 0.2) is 0 Å². The highest BCUT2D eigenvalue weighted by Gasteiger charge is 2.31. The van der Waals surface area contributed by atoms with Crippen LogP contribution >= 0.6 is 0 Å². The Morgan fingerprint density at radius 3 is 1.72 bits per heavy atom. The molecule has 0 aromatic heterocycles. The number of aliphatic hydroxyl groups is 1. The molecule has 1 heterocycles. The second kappa shape index (κ2) is 34.3. The maximum atomic E-state index is 9.80. The lowest BCUT2D eigenvalue weighted by Gasteiger charge is -2.23. The van der Waals surface area contributed by atoms with E-state index in [4.69, 9.17) is 9.47 Å². The summed E-state index contributed by atoms with van der Waals surface area (Å²) in [5, 5.41) is 9.80. The molecule has 0 bridgehead atoms. The highest BCUT2D eigenvalue weighted by Crippen LogP contribution is 2.35. The zero-order valence-electron chi connectivity index (χ0n) is 36.2. The molecule has 1 saturated carbocycles. The molecule has 1 N–H and O–H groups in total. The van der Waals surface area contributed by atoms with E-state index in [-0.39, 0.29) is 6.61 Å². The van der Waals surface area contributed by atoms with E-state index < -0.39 is 0 Å². The molecule has 1 saturated heterocycles. The van der Waals surface area contributed by atoms with Crippen molar-refractivity contribution in [3.63, 3.8) is 0 Å². The largest absolute Gasteiger partial charge is 0.498 e. The molecule has 4 heteroatoms. The Morgan fingerprint density at radius 2 is 1.15 bits per heavy atom. The van der Waals surface area contributed by atoms with Crippen LogP contribution < -0.4 is 0 Å². The van der Waals surface area contributed by atoms with E-state index in [1.54, 1.807) is 5.57 Å². The van der Waals surface area contributed by atoms with Crippen LogP contribution in [0.2, 0.25) is 0 Å². The lowest BCUT2D eigenvalue weighted by molar-refractivity contribution is 0.0895. The van der Waals surface area contributed by atoms with Gasteiger partial charge in [-0.25, -0.2) is 0 Å². The molecule has 0 aromatic rings. The topological polar surface area (TPSA) is 41.9 Å². The van der Waals surface area contributed by atoms with Crippen molar-refractivity contribution in [1.29, 1.82) is 0 Å². The van der Waals surface area contributed by atoms with Gasteiger partial charge in [0.1, 0.15) is 0 Å². The van der Waals surface area contributed by atoms with E-state index in [0.717, 1.165) is 37.7 Å². The van der Waals surface area contributed by atoms with Crippen molar-refractivity contribution in [3.05, 3.63) is 23.7 Å². The van der Waals surface area contributed by atoms with Crippen LogP contribution in [-0.2, 0) is 9.47 Å². The van der Waals surface area contributed by atoms with Crippen molar-refractivity contribution in [3.8, 4) is 0 Å². The highest BCUT2D eigenvalue weighted by molar-refractivity contribution is 5.21. The van der Waals surface area contributed by atoms with Gasteiger partial charge in [-0.3, -0.25) is 4.90 Å². The van der Waals surface area contributed by atoms with Gasteiger partial charge in [0.05, 0.1) is 30.8 Å². The van der Waals surface area contributed by atoms with Crippen LogP contribution in [0.5, 0.6) is 0 Å². The maximum Gasteiger partial charge on any atom is 0.0982 e. The summed E-state index contributed by atoms with van der Waals surface area (Å²) in [5.74, 6) is 3.17. The molecule has 0 radical (unpaired) electrons. The van der Waals surface area contributed by atoms with Crippen LogP contribution in [0.4, 0.5) is 0 Å². The van der Waals surface area contributed by atoms with E-state index in [1.807, 2.05) is 0 Å². The highest BCUT2D eigenvalue weighted by atomic mass is 16.5. The molecule has 2 fully saturated rings. The van der Waals surface area contributed by atoms with Crippen LogP contribution in [0.1, 0.15) is 245 Å². The van der Waals surface area contributed by atoms with Crippen LogP contribution in [0, 0.1) is 5.92 Å². The summed E-state index contributed by atoms with van der Waals surface area (Å²) in [7, 11) is 0. The van der Waals surface area contributed by atoms with Crippen molar-refractivity contribution >= 4 is 0 Å². The zero-order chi connectivity index (χ0) is 38.0. The van der Waals surface area contributed by atoms with E-state index in [0.29, 0.717) is 12.1 Å². The van der Waals surface area contributed by atoms with E-state index in [2.05, 4.69) is 32.3 Å². The average Bonchev–Trinajstić information content (AvgIpc) is 3.93. The quantitative estimate of drug-likeness (QED) is 0.0501. The number of hydrogen-bond donors (Lipinski definition) is 1. The van der Waals surface area contributed by atoms with E-state index in [9.17, 15) is 5.11 Å². The van der Waals surface area contributed by atoms with Gasteiger partial charge in [-0.2, -0.15) is 0 Å². The van der Waals surface area contributed by atoms with Crippen LogP contribution in [0.3, 0.4) is 0 Å². The minimum absolute atomic E-state index is 0.285. The van der Waals surface area contributed by atoms with Gasteiger partial charge in [0.25, 0.3) is 0 Å². The second-order valence-corrected chi connectivity index (χ2v) is 17.4. The molecule has 0 amide bonds. The second-order valence-electron chi connectivity index (χ2n) is 17.4. The molecule has 0 aromatic carbocycles. The summed E-state index contributed by atoms with van der Waals surface area (Å²) < 4.78 is 12.9. The number of unbranched alkanes of at least 4 members (excludes halogenated alkanes) is 21. The summed E-state index contributed by atoms with van der Waals surface area (Å²) >= 11 is 0. The molecule has 2 atom stereocenters. The molecule has 0 spiro atoms. The third-order valence-electron chi connectivity index (χ3n) is 12.3. The molecule has 1 aliphatic heterocycles. The first-order valence-electron chi connectivity index (χ1n) is 24.1. The Bertz CT molecular complexity index is 848. The fourth-order valence-corrected chi connectivity index (χ4v) is 8.76. The van der Waals surface area contributed by atoms with Gasteiger partial charge in [-0.1, -0.05) is 162 Å². The Morgan fingerprint density at radius 1 is 0.642 bits per heavy atom. The first-order valence-corrected chi connectivity index (χ1v) is 24.1. The standard InChI is InChI=1S/C49H93NO3/c1-5-8-11-14-17-18-19-22-30-41-52-49(46-37-38-46)36-29-28-33-47-42-45(43-50(47)39-40-51)32-25-23-24-31-44(4)53-48(34-26-20-15-12-9-6-2)35-27-21-16-13-10-7-3/h45,47-48,51H,4-43H2,1-3H3. The van der Waals surface area contributed by atoms with Crippen molar-refractivity contribution in [2.75, 3.05) is 26.3 Å². The molecule has 2 rings (SSSR count). The van der Waals surface area contributed by atoms with Crippen molar-refractivity contribution in [2.24, 2.45) is 5.92 Å². The zero-order valence-corrected chi connectivity index (χ0v) is 36.2. The monoisotopic (exact) mass is 744 g/mol. The lowest BCUT2D eigenvalue weighted by Crippen LogP contribution is -2.32. The Kier molecular flexibility index (Phi) is 31.1. The van der Waals surface area contributed by atoms with Gasteiger partial charge in [-0.15, -0.1) is 0 Å². The van der Waals surface area contributed by atoms with Gasteiger partial charge in [0.2, 0.25) is 0 Å². The first kappa shape index (κ1) is 48.1. The molecular weight excluding hydrogens is 651 g/mol. The predicted molar refractivity (Wildman–Crippen MR) is 232 cm³/mol. The SMILES string of the molecule is C=C(CCCCCC1CC(CCCCC(OCCCCCCCCCCC)=C2CC2)N(CCO)C1)OC(CCCCCCCC)CCCCCCCC. The van der Waals surface area contributed by atoms with Gasteiger partial charge in [0, 0.05) is 32.0 Å². The molecule has 4 nitrogen and oxygen atoms in total. The Hall–Kier alpha value is -1.00. The molecular formula is C49H93NO3. The minimum Gasteiger partial charge on any atom is -0.498 e. The number of β-amino-alcohol motifs (C(OH)–C–C–N with tert-alkyl or cyclic N) is 1. The molecule has 2 aliphatic rings. The number of nitrogens with zero attached hydrogens (tertiary/aromatic N) is 1. The van der Waals surface area contributed by atoms with Crippen LogP contribution in [0.25, 0.3) is 0 Å². The van der Waals surface area contributed by atoms with Gasteiger partial charge in [-0.05, 0) is 88.5 Å². The number of aliphatic hydroxyl groups excluding tert-OH is 1. The van der Waals surface area contributed by atoms with Gasteiger partial charge >= 0.3 is 0 Å². The van der Waals surface area contributed by atoms with Crippen molar-refractivity contribution < 1.29 is 14.6 Å². The lowest BCUT2D eigenvalue weighted by atomic mass is 9.96. The van der Waals surface area contributed by atoms with Crippen LogP contribution in [0.15, 0.2) is 23.7 Å². The molecule has 1 aliphatic carbocycles. The molecule has 53 heavy (non-hydrogen) atoms. The number of ether oxygens (including phenoxy) is 2. The molecule has 312 valence electrons. The van der Waals surface area contributed by atoms with Crippen LogP contribution in [-0.4, -0.2) is 48.5 Å². The first-order chi connectivity index (χ1) is 26.1. The normalized spacial score (nSPS) is 17.3. The predicted octanol–water partition coefficient (Wildman–Crippen LogP) is 15.2. The smallest absolute Gasteiger partial charge is 0.0982 e. The Labute approximate surface area is 332 Å². The summed E-state index contributed by atoms with van der Waals surface area (Å²) in [5.41, 5.74) is 1.60. The number of rotatable bonds is 40. The third-order valence-corrected chi connectivity index (χ3v) is 12.3. The summed E-state index contributed by atoms with van der Waals surface area (Å²) in [4.78, 5) is 2.61. The Balaban J connectivity index is 1.59. The van der Waals surface area contributed by atoms with E-state index in [1.165, 1.54) is 224 Å². The van der Waals surface area contributed by atoms with Gasteiger partial charge < -0.3 is 14.6 Å². The fourth-order valence-electron chi connectivity index (χ4n) is 8.76.